The van der Waals surface area contributed by atoms with E-state index in [-0.39, 0.29) is 12.4 Å². The number of para-hydroxylation sites is 1. The molecule has 1 aromatic carbocycles. The molecule has 0 aliphatic carbocycles. The van der Waals surface area contributed by atoms with Crippen LogP contribution in [0.4, 0.5) is 5.69 Å². The van der Waals surface area contributed by atoms with Gasteiger partial charge in [-0.2, -0.15) is 0 Å². The van der Waals surface area contributed by atoms with Crippen molar-refractivity contribution in [1.29, 1.82) is 0 Å². The second kappa shape index (κ2) is 4.61. The van der Waals surface area contributed by atoms with Gasteiger partial charge in [-0.25, -0.2) is 0 Å². The minimum atomic E-state index is -0.295. The topological polar surface area (TPSA) is 50.7 Å². The van der Waals surface area contributed by atoms with E-state index in [1.54, 1.807) is 12.4 Å². The van der Waals surface area contributed by atoms with Crippen LogP contribution in [0.3, 0.4) is 0 Å². The van der Waals surface area contributed by atoms with Crippen LogP contribution in [-0.4, -0.2) is 19.3 Å². The Kier molecular flexibility index (Phi) is 3.00. The maximum Gasteiger partial charge on any atom is 0.311 e. The highest BCUT2D eigenvalue weighted by molar-refractivity contribution is 5.90. The second-order valence-electron chi connectivity index (χ2n) is 3.38. The highest BCUT2D eigenvalue weighted by Crippen LogP contribution is 2.17. The summed E-state index contributed by atoms with van der Waals surface area (Å²) in [5.74, 6) is -0.295. The molecule has 1 aromatic rings. The molecule has 4 nitrogen and oxygen atoms in total. The van der Waals surface area contributed by atoms with Gasteiger partial charge in [-0.05, 0) is 6.07 Å². The van der Waals surface area contributed by atoms with Gasteiger partial charge in [-0.15, -0.1) is 0 Å². The molecule has 0 atom stereocenters. The molecule has 1 aliphatic rings. The number of nitrogens with one attached hydrogen (secondary N) is 1. The Hall–Kier alpha value is -2.10. The standard InChI is InChI=1S/C12H12N2O2/c1-16-12(15)6-10-8-14-11-5-3-2-4-9(11)7-13-10/h2-5,7-8,14H,6H2,1H3. The molecule has 2 rings (SSSR count). The molecule has 0 radical (unpaired) electrons. The lowest BCUT2D eigenvalue weighted by Gasteiger charge is -2.02. The number of rotatable bonds is 2. The van der Waals surface area contributed by atoms with E-state index in [4.69, 9.17) is 0 Å². The highest BCUT2D eigenvalue weighted by Gasteiger charge is 2.07. The maximum absolute atomic E-state index is 11.1. The van der Waals surface area contributed by atoms with Crippen molar-refractivity contribution in [2.24, 2.45) is 4.99 Å². The quantitative estimate of drug-likeness (QED) is 0.768. The largest absolute Gasteiger partial charge is 0.469 e. The van der Waals surface area contributed by atoms with E-state index in [1.165, 1.54) is 7.11 Å². The predicted octanol–water partition coefficient (Wildman–Crippen LogP) is 1.94. The van der Waals surface area contributed by atoms with E-state index < -0.39 is 0 Å². The summed E-state index contributed by atoms with van der Waals surface area (Å²) in [6.07, 6.45) is 3.64. The van der Waals surface area contributed by atoms with Gasteiger partial charge in [0.2, 0.25) is 0 Å². The van der Waals surface area contributed by atoms with Gasteiger partial charge in [0.15, 0.2) is 0 Å². The molecule has 0 saturated carbocycles. The first-order chi connectivity index (χ1) is 7.79. The number of nitrogens with zero attached hydrogens (tertiary/aromatic N) is 1. The Bertz CT molecular complexity index is 464. The number of carbonyl (C=O) groups excluding carboxylic acids is 1. The number of hydrogen-bond donors (Lipinski definition) is 1. The summed E-state index contributed by atoms with van der Waals surface area (Å²) in [5.41, 5.74) is 2.63. The average molecular weight is 216 g/mol. The Morgan fingerprint density at radius 3 is 3.06 bits per heavy atom. The summed E-state index contributed by atoms with van der Waals surface area (Å²) in [4.78, 5) is 15.3. The number of aliphatic imine (C=N–C) groups is 1. The van der Waals surface area contributed by atoms with Crippen LogP contribution in [0.5, 0.6) is 0 Å². The first kappa shape index (κ1) is 10.4. The smallest absolute Gasteiger partial charge is 0.311 e. The normalized spacial score (nSPS) is 13.2. The fourth-order valence-electron chi connectivity index (χ4n) is 1.41. The van der Waals surface area contributed by atoms with E-state index in [1.807, 2.05) is 24.3 Å². The van der Waals surface area contributed by atoms with Gasteiger partial charge in [0.25, 0.3) is 0 Å². The van der Waals surface area contributed by atoms with Crippen LogP contribution in [0.25, 0.3) is 0 Å². The summed E-state index contributed by atoms with van der Waals surface area (Å²) >= 11 is 0. The van der Waals surface area contributed by atoms with Crippen LogP contribution >= 0.6 is 0 Å². The minimum Gasteiger partial charge on any atom is -0.469 e. The third-order valence-corrected chi connectivity index (χ3v) is 2.28. The van der Waals surface area contributed by atoms with Crippen molar-refractivity contribution in [3.63, 3.8) is 0 Å². The van der Waals surface area contributed by atoms with Gasteiger partial charge in [-0.1, -0.05) is 18.2 Å². The predicted molar refractivity (Wildman–Crippen MR) is 62.4 cm³/mol. The van der Waals surface area contributed by atoms with Gasteiger partial charge in [-0.3, -0.25) is 9.79 Å². The van der Waals surface area contributed by atoms with Crippen LogP contribution < -0.4 is 5.32 Å². The zero-order valence-electron chi connectivity index (χ0n) is 8.93. The summed E-state index contributed by atoms with van der Waals surface area (Å²) < 4.78 is 4.59. The third-order valence-electron chi connectivity index (χ3n) is 2.28. The second-order valence-corrected chi connectivity index (χ2v) is 3.38. The van der Waals surface area contributed by atoms with Crippen LogP contribution in [0.2, 0.25) is 0 Å². The molecule has 82 valence electrons. The van der Waals surface area contributed by atoms with Crippen molar-refractivity contribution >= 4 is 17.9 Å². The maximum atomic E-state index is 11.1. The van der Waals surface area contributed by atoms with Crippen LogP contribution in [0.1, 0.15) is 12.0 Å². The first-order valence-electron chi connectivity index (χ1n) is 4.95. The number of benzene rings is 1. The summed E-state index contributed by atoms with van der Waals surface area (Å²) in [7, 11) is 1.37. The lowest BCUT2D eigenvalue weighted by Crippen LogP contribution is -2.01. The Morgan fingerprint density at radius 2 is 2.25 bits per heavy atom. The van der Waals surface area contributed by atoms with Gasteiger partial charge in [0.05, 0.1) is 19.2 Å². The molecule has 0 aromatic heterocycles. The monoisotopic (exact) mass is 216 g/mol. The third kappa shape index (κ3) is 2.28. The summed E-state index contributed by atoms with van der Waals surface area (Å²) in [6, 6.07) is 7.80. The fraction of sp³-hybridized carbons (Fsp3) is 0.167. The van der Waals surface area contributed by atoms with Gasteiger partial charge in [0.1, 0.15) is 0 Å². The van der Waals surface area contributed by atoms with E-state index >= 15 is 0 Å². The summed E-state index contributed by atoms with van der Waals surface area (Å²) in [5, 5.41) is 3.11. The molecule has 1 N–H and O–H groups in total. The fourth-order valence-corrected chi connectivity index (χ4v) is 1.41. The number of hydrogen-bond acceptors (Lipinski definition) is 4. The van der Waals surface area contributed by atoms with Crippen molar-refractivity contribution < 1.29 is 9.53 Å². The highest BCUT2D eigenvalue weighted by atomic mass is 16.5. The number of carbonyl (C=O) groups is 1. The van der Waals surface area contributed by atoms with Crippen molar-refractivity contribution in [2.75, 3.05) is 12.4 Å². The van der Waals surface area contributed by atoms with E-state index in [0.29, 0.717) is 5.70 Å². The van der Waals surface area contributed by atoms with Crippen molar-refractivity contribution in [1.82, 2.24) is 0 Å². The molecule has 0 saturated heterocycles. The van der Waals surface area contributed by atoms with Crippen LogP contribution in [-0.2, 0) is 9.53 Å². The van der Waals surface area contributed by atoms with Gasteiger partial charge in [0, 0.05) is 23.7 Å². The molecule has 4 heteroatoms. The van der Waals surface area contributed by atoms with Crippen LogP contribution in [0.15, 0.2) is 41.2 Å². The zero-order chi connectivity index (χ0) is 11.4. The molecular weight excluding hydrogens is 204 g/mol. The van der Waals surface area contributed by atoms with E-state index in [9.17, 15) is 4.79 Å². The zero-order valence-corrected chi connectivity index (χ0v) is 8.93. The number of anilines is 1. The molecule has 0 bridgehead atoms. The van der Waals surface area contributed by atoms with Crippen molar-refractivity contribution in [3.8, 4) is 0 Å². The summed E-state index contributed by atoms with van der Waals surface area (Å²) in [6.45, 7) is 0. The first-order valence-corrected chi connectivity index (χ1v) is 4.95. The average Bonchev–Trinajstić information content (AvgIpc) is 2.52. The minimum absolute atomic E-state index is 0.175. The van der Waals surface area contributed by atoms with Crippen molar-refractivity contribution in [3.05, 3.63) is 41.7 Å². The van der Waals surface area contributed by atoms with Crippen LogP contribution in [0, 0.1) is 0 Å². The molecule has 0 amide bonds. The molecule has 0 unspecified atom stereocenters. The number of methoxy groups -OCH3 is 1. The molecular formula is C12H12N2O2. The molecule has 0 fully saturated rings. The van der Waals surface area contributed by atoms with E-state index in [2.05, 4.69) is 15.0 Å². The van der Waals surface area contributed by atoms with Crippen molar-refractivity contribution in [2.45, 2.75) is 6.42 Å². The van der Waals surface area contributed by atoms with Gasteiger partial charge < -0.3 is 10.1 Å². The number of fused-ring (bicyclic) bond motifs is 1. The van der Waals surface area contributed by atoms with Gasteiger partial charge >= 0.3 is 5.97 Å². The molecule has 1 heterocycles. The number of ether oxygens (including phenoxy) is 1. The lowest BCUT2D eigenvalue weighted by atomic mass is 10.2. The lowest BCUT2D eigenvalue weighted by molar-refractivity contribution is -0.139. The molecule has 0 spiro atoms. The Labute approximate surface area is 93.6 Å². The Balaban J connectivity index is 2.18. The SMILES string of the molecule is COC(=O)CC1=CNc2ccccc2C=N1. The molecule has 1 aliphatic heterocycles. The number of esters is 1. The Morgan fingerprint density at radius 1 is 1.44 bits per heavy atom. The van der Waals surface area contributed by atoms with E-state index in [0.717, 1.165) is 11.3 Å². The molecule has 16 heavy (non-hydrogen) atoms.